The second-order valence-corrected chi connectivity index (χ2v) is 5.49. The molecule has 3 rings (SSSR count). The van der Waals surface area contributed by atoms with Crippen LogP contribution in [0.3, 0.4) is 0 Å². The van der Waals surface area contributed by atoms with Crippen LogP contribution in [0.4, 0.5) is 5.82 Å². The van der Waals surface area contributed by atoms with E-state index in [1.165, 1.54) is 0 Å². The number of aliphatic carboxylic acids is 1. The summed E-state index contributed by atoms with van der Waals surface area (Å²) in [6, 6.07) is 9.69. The number of rotatable bonds is 4. The van der Waals surface area contributed by atoms with Gasteiger partial charge in [0, 0.05) is 19.2 Å². The van der Waals surface area contributed by atoms with Crippen molar-refractivity contribution in [3.8, 4) is 17.0 Å². The predicted octanol–water partition coefficient (Wildman–Crippen LogP) is 2.39. The van der Waals surface area contributed by atoms with Crippen LogP contribution in [0.5, 0.6) is 5.75 Å². The third-order valence-corrected chi connectivity index (χ3v) is 4.06. The van der Waals surface area contributed by atoms with Crippen molar-refractivity contribution in [2.75, 3.05) is 25.1 Å². The number of carboxylic acids is 1. The van der Waals surface area contributed by atoms with Crippen molar-refractivity contribution in [1.29, 1.82) is 0 Å². The predicted molar refractivity (Wildman–Crippen MR) is 83.1 cm³/mol. The molecule has 1 saturated heterocycles. The molecule has 1 unspecified atom stereocenters. The van der Waals surface area contributed by atoms with Gasteiger partial charge in [-0.15, -0.1) is 0 Å². The lowest BCUT2D eigenvalue weighted by molar-refractivity contribution is -0.141. The molecule has 2 N–H and O–H groups in total. The van der Waals surface area contributed by atoms with Gasteiger partial charge in [-0.1, -0.05) is 0 Å². The van der Waals surface area contributed by atoms with Gasteiger partial charge in [0.15, 0.2) is 5.82 Å². The molecule has 116 valence electrons. The molecule has 0 spiro atoms. The molecule has 1 atom stereocenters. The van der Waals surface area contributed by atoms with Crippen LogP contribution in [0.25, 0.3) is 11.3 Å². The van der Waals surface area contributed by atoms with Crippen LogP contribution in [0, 0.1) is 5.92 Å². The summed E-state index contributed by atoms with van der Waals surface area (Å²) in [6.07, 6.45) is 1.61. The van der Waals surface area contributed by atoms with E-state index in [9.17, 15) is 4.79 Å². The number of carbonyl (C=O) groups is 1. The third kappa shape index (κ3) is 2.90. The monoisotopic (exact) mass is 301 g/mol. The van der Waals surface area contributed by atoms with Crippen LogP contribution in [-0.4, -0.2) is 41.5 Å². The standard InChI is InChI=1S/C16H19N3O3/c1-22-13-6-4-11(5-7-13)14-9-15(18-17-14)19-8-2-3-12(10-19)16(20)21/h4-7,9,12H,2-3,8,10H2,1H3,(H,17,18)(H,20,21). The Morgan fingerprint density at radius 1 is 1.41 bits per heavy atom. The SMILES string of the molecule is COc1ccc(-c2cc(N3CCCC(C(=O)O)C3)n[nH]2)cc1. The zero-order chi connectivity index (χ0) is 15.5. The van der Waals surface area contributed by atoms with E-state index in [1.54, 1.807) is 7.11 Å². The summed E-state index contributed by atoms with van der Waals surface area (Å²) in [4.78, 5) is 13.2. The number of aromatic nitrogens is 2. The maximum atomic E-state index is 11.2. The molecule has 1 aliphatic rings. The Kier molecular flexibility index (Phi) is 4.00. The second-order valence-electron chi connectivity index (χ2n) is 5.49. The van der Waals surface area contributed by atoms with Crippen LogP contribution < -0.4 is 9.64 Å². The fourth-order valence-electron chi connectivity index (χ4n) is 2.78. The molecule has 1 aliphatic heterocycles. The molecule has 1 aromatic carbocycles. The molecule has 2 aromatic rings. The first-order chi connectivity index (χ1) is 10.7. The molecule has 0 bridgehead atoms. The zero-order valence-corrected chi connectivity index (χ0v) is 12.5. The number of anilines is 1. The third-order valence-electron chi connectivity index (χ3n) is 4.06. The highest BCUT2D eigenvalue weighted by Crippen LogP contribution is 2.27. The Morgan fingerprint density at radius 3 is 2.86 bits per heavy atom. The summed E-state index contributed by atoms with van der Waals surface area (Å²) >= 11 is 0. The Bertz CT molecular complexity index is 651. The number of piperidine rings is 1. The molecular weight excluding hydrogens is 282 g/mol. The van der Waals surface area contributed by atoms with Crippen molar-refractivity contribution in [3.63, 3.8) is 0 Å². The number of H-pyrrole nitrogens is 1. The van der Waals surface area contributed by atoms with Crippen molar-refractivity contribution in [2.24, 2.45) is 5.92 Å². The highest BCUT2D eigenvalue weighted by atomic mass is 16.5. The first kappa shape index (κ1) is 14.4. The summed E-state index contributed by atoms with van der Waals surface area (Å²) < 4.78 is 5.15. The van der Waals surface area contributed by atoms with Gasteiger partial charge in [-0.05, 0) is 42.7 Å². The minimum absolute atomic E-state index is 0.310. The van der Waals surface area contributed by atoms with Gasteiger partial charge in [0.25, 0.3) is 0 Å². The van der Waals surface area contributed by atoms with Gasteiger partial charge < -0.3 is 14.7 Å². The Labute approximate surface area is 128 Å². The van der Waals surface area contributed by atoms with Gasteiger partial charge in [-0.25, -0.2) is 0 Å². The van der Waals surface area contributed by atoms with Crippen molar-refractivity contribution in [2.45, 2.75) is 12.8 Å². The van der Waals surface area contributed by atoms with Crippen molar-refractivity contribution in [1.82, 2.24) is 10.2 Å². The Hall–Kier alpha value is -2.50. The smallest absolute Gasteiger partial charge is 0.308 e. The number of nitrogens with zero attached hydrogens (tertiary/aromatic N) is 2. The Morgan fingerprint density at radius 2 is 2.18 bits per heavy atom. The van der Waals surface area contributed by atoms with E-state index in [4.69, 9.17) is 9.84 Å². The fourth-order valence-corrected chi connectivity index (χ4v) is 2.78. The average Bonchev–Trinajstić information content (AvgIpc) is 3.05. The maximum Gasteiger partial charge on any atom is 0.308 e. The van der Waals surface area contributed by atoms with Gasteiger partial charge >= 0.3 is 5.97 Å². The molecule has 0 saturated carbocycles. The molecule has 22 heavy (non-hydrogen) atoms. The van der Waals surface area contributed by atoms with E-state index in [0.29, 0.717) is 6.54 Å². The number of aromatic amines is 1. The first-order valence-corrected chi connectivity index (χ1v) is 7.35. The van der Waals surface area contributed by atoms with Crippen LogP contribution >= 0.6 is 0 Å². The van der Waals surface area contributed by atoms with Crippen LogP contribution in [0.2, 0.25) is 0 Å². The van der Waals surface area contributed by atoms with Gasteiger partial charge in [0.05, 0.1) is 18.7 Å². The van der Waals surface area contributed by atoms with Crippen molar-refractivity contribution < 1.29 is 14.6 Å². The van der Waals surface area contributed by atoms with E-state index in [-0.39, 0.29) is 5.92 Å². The molecular formula is C16H19N3O3. The van der Waals surface area contributed by atoms with E-state index >= 15 is 0 Å². The molecule has 0 amide bonds. The van der Waals surface area contributed by atoms with Gasteiger partial charge in [-0.3, -0.25) is 9.89 Å². The normalized spacial score (nSPS) is 18.2. The number of carboxylic acid groups (broad SMARTS) is 1. The Balaban J connectivity index is 1.76. The number of methoxy groups -OCH3 is 1. The van der Waals surface area contributed by atoms with Crippen LogP contribution in [0.1, 0.15) is 12.8 Å². The second kappa shape index (κ2) is 6.09. The quantitative estimate of drug-likeness (QED) is 0.906. The van der Waals surface area contributed by atoms with E-state index in [1.807, 2.05) is 35.2 Å². The minimum atomic E-state index is -0.726. The average molecular weight is 301 g/mol. The van der Waals surface area contributed by atoms with E-state index in [2.05, 4.69) is 10.2 Å². The molecule has 1 fully saturated rings. The molecule has 2 heterocycles. The largest absolute Gasteiger partial charge is 0.497 e. The molecule has 6 heteroatoms. The topological polar surface area (TPSA) is 78.4 Å². The number of hydrogen-bond acceptors (Lipinski definition) is 4. The lowest BCUT2D eigenvalue weighted by atomic mass is 9.98. The molecule has 6 nitrogen and oxygen atoms in total. The summed E-state index contributed by atoms with van der Waals surface area (Å²) in [7, 11) is 1.64. The van der Waals surface area contributed by atoms with Crippen molar-refractivity contribution >= 4 is 11.8 Å². The summed E-state index contributed by atoms with van der Waals surface area (Å²) in [6.45, 7) is 1.36. The highest BCUT2D eigenvalue weighted by Gasteiger charge is 2.26. The van der Waals surface area contributed by atoms with Gasteiger partial charge in [0.2, 0.25) is 0 Å². The highest BCUT2D eigenvalue weighted by molar-refractivity contribution is 5.71. The lowest BCUT2D eigenvalue weighted by Crippen LogP contribution is -2.38. The van der Waals surface area contributed by atoms with Gasteiger partial charge in [0.1, 0.15) is 5.75 Å². The number of ether oxygens (including phenoxy) is 1. The number of benzene rings is 1. The minimum Gasteiger partial charge on any atom is -0.497 e. The van der Waals surface area contributed by atoms with Gasteiger partial charge in [-0.2, -0.15) is 5.10 Å². The molecule has 0 aliphatic carbocycles. The van der Waals surface area contributed by atoms with Crippen LogP contribution in [0.15, 0.2) is 30.3 Å². The molecule has 0 radical (unpaired) electrons. The molecule has 1 aromatic heterocycles. The summed E-state index contributed by atoms with van der Waals surface area (Å²) in [5.41, 5.74) is 1.93. The maximum absolute atomic E-state index is 11.2. The summed E-state index contributed by atoms with van der Waals surface area (Å²) in [5, 5.41) is 16.5. The fraction of sp³-hybridized carbons (Fsp3) is 0.375. The summed E-state index contributed by atoms with van der Waals surface area (Å²) in [5.74, 6) is 0.575. The number of hydrogen-bond donors (Lipinski definition) is 2. The zero-order valence-electron chi connectivity index (χ0n) is 12.5. The van der Waals surface area contributed by atoms with Crippen LogP contribution in [-0.2, 0) is 4.79 Å². The van der Waals surface area contributed by atoms with Crippen molar-refractivity contribution in [3.05, 3.63) is 30.3 Å². The lowest BCUT2D eigenvalue weighted by Gasteiger charge is -2.30. The van der Waals surface area contributed by atoms with E-state index < -0.39 is 5.97 Å². The number of nitrogens with one attached hydrogen (secondary N) is 1. The van der Waals surface area contributed by atoms with E-state index in [0.717, 1.165) is 42.2 Å². The first-order valence-electron chi connectivity index (χ1n) is 7.35.